The fourth-order valence-electron chi connectivity index (χ4n) is 1.34. The Morgan fingerprint density at radius 1 is 1.70 bits per heavy atom. The average Bonchev–Trinajstić information content (AvgIpc) is 2.68. The molecule has 0 aromatic heterocycles. The highest BCUT2D eigenvalue weighted by Gasteiger charge is 2.35. The summed E-state index contributed by atoms with van der Waals surface area (Å²) in [4.78, 5) is 0. The SMILES string of the molecule is C=CCCC[C@H]1C[C@@H]1O[SiH3]. The predicted molar refractivity (Wildman–Crippen MR) is 47.0 cm³/mol. The van der Waals surface area contributed by atoms with Gasteiger partial charge in [0.05, 0.1) is 0 Å². The molecule has 0 aromatic carbocycles. The summed E-state index contributed by atoms with van der Waals surface area (Å²) in [6.45, 7) is 3.69. The van der Waals surface area contributed by atoms with E-state index in [1.807, 2.05) is 6.08 Å². The Hall–Kier alpha value is -0.0831. The van der Waals surface area contributed by atoms with E-state index in [-0.39, 0.29) is 0 Å². The summed E-state index contributed by atoms with van der Waals surface area (Å²) >= 11 is 0. The second-order valence-electron chi connectivity index (χ2n) is 2.99. The van der Waals surface area contributed by atoms with Crippen LogP contribution in [0.3, 0.4) is 0 Å². The molecule has 1 nitrogen and oxygen atoms in total. The van der Waals surface area contributed by atoms with Crippen LogP contribution in [0, 0.1) is 5.92 Å². The molecule has 0 unspecified atom stereocenters. The summed E-state index contributed by atoms with van der Waals surface area (Å²) in [5, 5.41) is 0. The first-order valence-electron chi connectivity index (χ1n) is 4.02. The Balaban J connectivity index is 1.91. The fourth-order valence-corrected chi connectivity index (χ4v) is 1.91. The number of rotatable bonds is 5. The molecule has 0 radical (unpaired) electrons. The lowest BCUT2D eigenvalue weighted by atomic mass is 10.2. The lowest BCUT2D eigenvalue weighted by molar-refractivity contribution is 0.308. The van der Waals surface area contributed by atoms with Crippen molar-refractivity contribution in [3.8, 4) is 0 Å². The van der Waals surface area contributed by atoms with E-state index in [0.717, 1.165) is 16.4 Å². The first-order chi connectivity index (χ1) is 4.88. The molecule has 1 aliphatic carbocycles. The van der Waals surface area contributed by atoms with Crippen molar-refractivity contribution in [2.24, 2.45) is 5.92 Å². The molecule has 1 rings (SSSR count). The van der Waals surface area contributed by atoms with Gasteiger partial charge in [-0.15, -0.1) is 6.58 Å². The molecular weight excluding hydrogens is 140 g/mol. The third-order valence-electron chi connectivity index (χ3n) is 2.14. The zero-order chi connectivity index (χ0) is 7.40. The fraction of sp³-hybridized carbons (Fsp3) is 0.750. The average molecular weight is 156 g/mol. The Morgan fingerprint density at radius 2 is 2.50 bits per heavy atom. The van der Waals surface area contributed by atoms with Gasteiger partial charge in [0.15, 0.2) is 0 Å². The van der Waals surface area contributed by atoms with Crippen LogP contribution in [-0.2, 0) is 4.43 Å². The lowest BCUT2D eigenvalue weighted by Crippen LogP contribution is -1.91. The number of allylic oxidation sites excluding steroid dienone is 1. The van der Waals surface area contributed by atoms with E-state index < -0.39 is 0 Å². The molecule has 0 saturated heterocycles. The molecule has 0 heterocycles. The minimum Gasteiger partial charge on any atom is -0.425 e. The zero-order valence-electron chi connectivity index (χ0n) is 6.68. The second-order valence-corrected chi connectivity index (χ2v) is 3.46. The van der Waals surface area contributed by atoms with Gasteiger partial charge in [0.1, 0.15) is 10.5 Å². The number of unbranched alkanes of at least 4 members (excludes halogenated alkanes) is 1. The standard InChI is InChI=1S/C8H16OSi/c1-2-3-4-5-7-6-8(7)9-10/h2,7-8H,1,3-6H2,10H3/t7-,8-/m0/s1. The smallest absolute Gasteiger partial charge is 0.146 e. The van der Waals surface area contributed by atoms with E-state index in [1.165, 1.54) is 25.7 Å². The van der Waals surface area contributed by atoms with Crippen molar-refractivity contribution >= 4 is 10.5 Å². The van der Waals surface area contributed by atoms with E-state index in [9.17, 15) is 0 Å². The monoisotopic (exact) mass is 156 g/mol. The van der Waals surface area contributed by atoms with Crippen LogP contribution in [0.2, 0.25) is 0 Å². The van der Waals surface area contributed by atoms with Crippen LogP contribution in [0.4, 0.5) is 0 Å². The third-order valence-corrected chi connectivity index (χ3v) is 2.75. The maximum Gasteiger partial charge on any atom is 0.146 e. The summed E-state index contributed by atoms with van der Waals surface area (Å²) in [7, 11) is 0.914. The number of hydrogen-bond donors (Lipinski definition) is 0. The van der Waals surface area contributed by atoms with Crippen LogP contribution >= 0.6 is 0 Å². The van der Waals surface area contributed by atoms with Crippen LogP contribution in [-0.4, -0.2) is 16.6 Å². The summed E-state index contributed by atoms with van der Waals surface area (Å²) in [6, 6.07) is 0. The quantitative estimate of drug-likeness (QED) is 0.328. The van der Waals surface area contributed by atoms with Crippen molar-refractivity contribution < 1.29 is 4.43 Å². The van der Waals surface area contributed by atoms with Gasteiger partial charge < -0.3 is 4.43 Å². The molecule has 0 aliphatic heterocycles. The van der Waals surface area contributed by atoms with Crippen molar-refractivity contribution in [3.05, 3.63) is 12.7 Å². The Bertz CT molecular complexity index is 114. The highest BCUT2D eigenvalue weighted by atomic mass is 28.2. The van der Waals surface area contributed by atoms with Crippen molar-refractivity contribution in [2.45, 2.75) is 31.8 Å². The highest BCUT2D eigenvalue weighted by molar-refractivity contribution is 5.98. The normalized spacial score (nSPS) is 30.4. The lowest BCUT2D eigenvalue weighted by Gasteiger charge is -1.95. The summed E-state index contributed by atoms with van der Waals surface area (Å²) < 4.78 is 5.32. The van der Waals surface area contributed by atoms with Gasteiger partial charge >= 0.3 is 0 Å². The summed E-state index contributed by atoms with van der Waals surface area (Å²) in [5.74, 6) is 0.900. The van der Waals surface area contributed by atoms with Gasteiger partial charge in [0.2, 0.25) is 0 Å². The molecule has 0 N–H and O–H groups in total. The molecule has 0 bridgehead atoms. The van der Waals surface area contributed by atoms with Crippen LogP contribution in [0.5, 0.6) is 0 Å². The topological polar surface area (TPSA) is 9.23 Å². The van der Waals surface area contributed by atoms with Crippen molar-refractivity contribution in [1.82, 2.24) is 0 Å². The Kier molecular flexibility index (Phi) is 3.16. The Morgan fingerprint density at radius 3 is 3.00 bits per heavy atom. The van der Waals surface area contributed by atoms with Crippen molar-refractivity contribution in [2.75, 3.05) is 0 Å². The van der Waals surface area contributed by atoms with E-state index in [1.54, 1.807) is 0 Å². The van der Waals surface area contributed by atoms with E-state index in [2.05, 4.69) is 6.58 Å². The zero-order valence-corrected chi connectivity index (χ0v) is 8.68. The molecule has 58 valence electrons. The summed E-state index contributed by atoms with van der Waals surface area (Å²) in [6.07, 6.45) is 7.79. The molecule has 2 heteroatoms. The molecule has 1 saturated carbocycles. The minimum atomic E-state index is 0.650. The molecule has 10 heavy (non-hydrogen) atoms. The molecule has 2 atom stereocenters. The molecule has 0 spiro atoms. The maximum atomic E-state index is 5.32. The first kappa shape index (κ1) is 8.02. The van der Waals surface area contributed by atoms with Crippen molar-refractivity contribution in [1.29, 1.82) is 0 Å². The molecule has 0 amide bonds. The third kappa shape index (κ3) is 2.27. The largest absolute Gasteiger partial charge is 0.425 e. The molecular formula is C8H16OSi. The highest BCUT2D eigenvalue weighted by Crippen LogP contribution is 2.37. The second kappa shape index (κ2) is 3.94. The molecule has 0 aromatic rings. The number of hydrogen-bond acceptors (Lipinski definition) is 1. The van der Waals surface area contributed by atoms with Gasteiger partial charge in [0, 0.05) is 6.10 Å². The maximum absolute atomic E-state index is 5.32. The summed E-state index contributed by atoms with van der Waals surface area (Å²) in [5.41, 5.74) is 0. The van der Waals surface area contributed by atoms with E-state index in [4.69, 9.17) is 4.43 Å². The van der Waals surface area contributed by atoms with E-state index >= 15 is 0 Å². The van der Waals surface area contributed by atoms with Gasteiger partial charge in [-0.1, -0.05) is 6.08 Å². The minimum absolute atomic E-state index is 0.650. The van der Waals surface area contributed by atoms with Crippen LogP contribution < -0.4 is 0 Å². The predicted octanol–water partition coefficient (Wildman–Crippen LogP) is 1.03. The van der Waals surface area contributed by atoms with Crippen LogP contribution in [0.25, 0.3) is 0 Å². The van der Waals surface area contributed by atoms with Crippen LogP contribution in [0.1, 0.15) is 25.7 Å². The van der Waals surface area contributed by atoms with Crippen molar-refractivity contribution in [3.63, 3.8) is 0 Å². The van der Waals surface area contributed by atoms with Gasteiger partial charge in [-0.25, -0.2) is 0 Å². The first-order valence-corrected chi connectivity index (χ1v) is 4.84. The molecule has 1 fully saturated rings. The van der Waals surface area contributed by atoms with Gasteiger partial charge in [0.25, 0.3) is 0 Å². The van der Waals surface area contributed by atoms with E-state index in [0.29, 0.717) is 6.10 Å². The Labute approximate surface area is 66.0 Å². The van der Waals surface area contributed by atoms with Gasteiger partial charge in [-0.05, 0) is 31.6 Å². The van der Waals surface area contributed by atoms with Gasteiger partial charge in [-0.3, -0.25) is 0 Å². The van der Waals surface area contributed by atoms with Gasteiger partial charge in [-0.2, -0.15) is 0 Å². The molecule has 1 aliphatic rings. The van der Waals surface area contributed by atoms with Crippen LogP contribution in [0.15, 0.2) is 12.7 Å².